The van der Waals surface area contributed by atoms with Crippen LogP contribution in [0, 0.1) is 5.82 Å². The van der Waals surface area contributed by atoms with E-state index in [2.05, 4.69) is 20.1 Å². The second-order valence-electron chi connectivity index (χ2n) is 7.62. The van der Waals surface area contributed by atoms with Crippen LogP contribution in [0.1, 0.15) is 24.4 Å². The van der Waals surface area contributed by atoms with Gasteiger partial charge in [0.2, 0.25) is 0 Å². The molecule has 5 aromatic rings. The lowest BCUT2D eigenvalue weighted by Gasteiger charge is -2.11. The van der Waals surface area contributed by atoms with Crippen LogP contribution in [0.2, 0.25) is 0 Å². The number of aromatic nitrogens is 6. The Morgan fingerprint density at radius 3 is 2.58 bits per heavy atom. The van der Waals surface area contributed by atoms with Gasteiger partial charge in [0.1, 0.15) is 0 Å². The number of benzene rings is 1. The summed E-state index contributed by atoms with van der Waals surface area (Å²) in [5, 5.41) is 14.8. The van der Waals surface area contributed by atoms with Crippen molar-refractivity contribution in [2.75, 3.05) is 0 Å². The highest BCUT2D eigenvalue weighted by atomic mass is 19.1. The molecule has 0 radical (unpaired) electrons. The van der Waals surface area contributed by atoms with Crippen LogP contribution in [-0.2, 0) is 6.61 Å². The van der Waals surface area contributed by atoms with E-state index in [-0.39, 0.29) is 12.6 Å². The maximum absolute atomic E-state index is 13.5. The van der Waals surface area contributed by atoms with E-state index in [1.807, 2.05) is 43.3 Å². The van der Waals surface area contributed by atoms with E-state index in [1.165, 1.54) is 0 Å². The molecule has 1 unspecified atom stereocenters. The monoisotopic (exact) mass is 441 g/mol. The number of aliphatic hydroxyl groups excluding tert-OH is 1. The highest BCUT2D eigenvalue weighted by Gasteiger charge is 2.17. The normalized spacial score (nSPS) is 12.2. The Balaban J connectivity index is 1.77. The fourth-order valence-electron chi connectivity index (χ4n) is 3.63. The highest BCUT2D eigenvalue weighted by molar-refractivity contribution is 5.97. The van der Waals surface area contributed by atoms with E-state index in [9.17, 15) is 9.50 Å². The first-order valence-corrected chi connectivity index (χ1v) is 10.3. The number of hydrogen-bond acceptors (Lipinski definition) is 7. The second-order valence-corrected chi connectivity index (χ2v) is 7.62. The Bertz CT molecular complexity index is 1450. The van der Waals surface area contributed by atoms with Crippen molar-refractivity contribution >= 4 is 10.9 Å². The minimum Gasteiger partial charge on any atom is -0.390 e. The molecule has 0 bridgehead atoms. The molecule has 0 aliphatic carbocycles. The second kappa shape index (κ2) is 8.45. The summed E-state index contributed by atoms with van der Waals surface area (Å²) in [6.07, 6.45) is 3.96. The molecule has 0 aliphatic heterocycles. The van der Waals surface area contributed by atoms with Crippen molar-refractivity contribution in [2.24, 2.45) is 5.73 Å². The zero-order valence-electron chi connectivity index (χ0n) is 17.7. The van der Waals surface area contributed by atoms with Gasteiger partial charge in [-0.2, -0.15) is 5.10 Å². The fraction of sp³-hybridized carbons (Fsp3) is 0.125. The van der Waals surface area contributed by atoms with Gasteiger partial charge in [0.25, 0.3) is 0 Å². The quantitative estimate of drug-likeness (QED) is 0.428. The molecule has 3 N–H and O–H groups in total. The molecule has 164 valence electrons. The lowest BCUT2D eigenvalue weighted by molar-refractivity contribution is 0.276. The van der Waals surface area contributed by atoms with Crippen molar-refractivity contribution in [3.05, 3.63) is 84.3 Å². The van der Waals surface area contributed by atoms with E-state index in [0.717, 1.165) is 40.2 Å². The third-order valence-electron chi connectivity index (χ3n) is 5.25. The minimum absolute atomic E-state index is 0.180. The van der Waals surface area contributed by atoms with Crippen LogP contribution in [0.15, 0.2) is 67.1 Å². The molecule has 5 rings (SSSR count). The molecule has 4 heterocycles. The number of nitrogens with zero attached hydrogens (tertiary/aromatic N) is 6. The zero-order valence-corrected chi connectivity index (χ0v) is 17.7. The van der Waals surface area contributed by atoms with Crippen molar-refractivity contribution in [1.82, 2.24) is 29.7 Å². The van der Waals surface area contributed by atoms with Gasteiger partial charge in [-0.3, -0.25) is 4.98 Å². The van der Waals surface area contributed by atoms with E-state index in [0.29, 0.717) is 22.9 Å². The molecule has 33 heavy (non-hydrogen) atoms. The average molecular weight is 441 g/mol. The van der Waals surface area contributed by atoms with E-state index < -0.39 is 5.82 Å². The third kappa shape index (κ3) is 3.95. The van der Waals surface area contributed by atoms with Gasteiger partial charge >= 0.3 is 0 Å². The van der Waals surface area contributed by atoms with E-state index in [4.69, 9.17) is 10.7 Å². The highest BCUT2D eigenvalue weighted by Crippen LogP contribution is 2.33. The van der Waals surface area contributed by atoms with Crippen LogP contribution < -0.4 is 5.73 Å². The van der Waals surface area contributed by atoms with Crippen LogP contribution in [0.3, 0.4) is 0 Å². The Morgan fingerprint density at radius 2 is 1.82 bits per heavy atom. The molecule has 0 saturated carbocycles. The first-order chi connectivity index (χ1) is 16.0. The van der Waals surface area contributed by atoms with Crippen LogP contribution in [0.4, 0.5) is 4.39 Å². The van der Waals surface area contributed by atoms with Gasteiger partial charge in [0, 0.05) is 22.6 Å². The molecular weight excluding hydrogens is 421 g/mol. The van der Waals surface area contributed by atoms with Crippen molar-refractivity contribution in [3.63, 3.8) is 0 Å². The van der Waals surface area contributed by atoms with Crippen molar-refractivity contribution in [1.29, 1.82) is 0 Å². The number of aliphatic hydroxyl groups is 1. The standard InChI is InChI=1S/C24H20FN7O/c1-14(26)20-5-3-6-21(31-20)15-8-18(24-27-10-16(25)11-28-24)19-12-29-32(22(19)9-15)23-7-2-4-17(13-33)30-23/h2-12,14,33H,13,26H2,1H3. The van der Waals surface area contributed by atoms with Crippen LogP contribution in [-0.4, -0.2) is 34.8 Å². The van der Waals surface area contributed by atoms with Crippen molar-refractivity contribution < 1.29 is 9.50 Å². The lowest BCUT2D eigenvalue weighted by Crippen LogP contribution is -2.07. The van der Waals surface area contributed by atoms with Gasteiger partial charge in [-0.05, 0) is 43.3 Å². The number of halogens is 1. The van der Waals surface area contributed by atoms with E-state index >= 15 is 0 Å². The topological polar surface area (TPSA) is 116 Å². The number of rotatable bonds is 5. The van der Waals surface area contributed by atoms with Crippen molar-refractivity contribution in [2.45, 2.75) is 19.6 Å². The summed E-state index contributed by atoms with van der Waals surface area (Å²) < 4.78 is 15.2. The summed E-state index contributed by atoms with van der Waals surface area (Å²) in [5.74, 6) is 0.401. The average Bonchev–Trinajstić information content (AvgIpc) is 3.28. The predicted molar refractivity (Wildman–Crippen MR) is 122 cm³/mol. The van der Waals surface area contributed by atoms with Gasteiger partial charge in [-0.1, -0.05) is 12.1 Å². The summed E-state index contributed by atoms with van der Waals surface area (Å²) >= 11 is 0. The van der Waals surface area contributed by atoms with Gasteiger partial charge in [-0.15, -0.1) is 0 Å². The SMILES string of the molecule is CC(N)c1cccc(-c2cc(-c3ncc(F)cn3)c3cnn(-c4cccc(CO)n4)c3c2)n1. The fourth-order valence-corrected chi connectivity index (χ4v) is 3.63. The van der Waals surface area contributed by atoms with Crippen molar-refractivity contribution in [3.8, 4) is 28.5 Å². The Labute approximate surface area is 188 Å². The number of fused-ring (bicyclic) bond motifs is 1. The summed E-state index contributed by atoms with van der Waals surface area (Å²) in [6.45, 7) is 1.70. The zero-order chi connectivity index (χ0) is 22.9. The first kappa shape index (κ1) is 20.8. The van der Waals surface area contributed by atoms with Gasteiger partial charge in [-0.25, -0.2) is 24.0 Å². The molecule has 0 spiro atoms. The number of hydrogen-bond donors (Lipinski definition) is 2. The molecule has 8 nitrogen and oxygen atoms in total. The predicted octanol–water partition coefficient (Wildman–Crippen LogP) is 3.59. The summed E-state index contributed by atoms with van der Waals surface area (Å²) in [5.41, 5.74) is 10.3. The first-order valence-electron chi connectivity index (χ1n) is 10.3. The molecule has 1 aromatic carbocycles. The Hall–Kier alpha value is -4.08. The summed E-state index contributed by atoms with van der Waals surface area (Å²) in [7, 11) is 0. The van der Waals surface area contributed by atoms with Gasteiger partial charge in [0.05, 0.1) is 47.8 Å². The van der Waals surface area contributed by atoms with Crippen LogP contribution in [0.25, 0.3) is 39.4 Å². The summed E-state index contributed by atoms with van der Waals surface area (Å²) in [4.78, 5) is 17.5. The van der Waals surface area contributed by atoms with Gasteiger partial charge in [0.15, 0.2) is 17.5 Å². The number of nitrogens with two attached hydrogens (primary N) is 1. The molecule has 0 aliphatic rings. The molecule has 4 aromatic heterocycles. The lowest BCUT2D eigenvalue weighted by atomic mass is 10.0. The molecule has 0 saturated heterocycles. The minimum atomic E-state index is -0.516. The molecule has 9 heteroatoms. The largest absolute Gasteiger partial charge is 0.390 e. The Kier molecular flexibility index (Phi) is 5.33. The van der Waals surface area contributed by atoms with Crippen LogP contribution >= 0.6 is 0 Å². The van der Waals surface area contributed by atoms with Crippen LogP contribution in [0.5, 0.6) is 0 Å². The maximum Gasteiger partial charge on any atom is 0.160 e. The molecule has 0 amide bonds. The smallest absolute Gasteiger partial charge is 0.160 e. The number of pyridine rings is 2. The Morgan fingerprint density at radius 1 is 1.03 bits per heavy atom. The summed E-state index contributed by atoms with van der Waals surface area (Å²) in [6, 6.07) is 14.7. The van der Waals surface area contributed by atoms with Gasteiger partial charge < -0.3 is 10.8 Å². The molecule has 0 fully saturated rings. The van der Waals surface area contributed by atoms with E-state index in [1.54, 1.807) is 23.0 Å². The molecular formula is C24H20FN7O. The maximum atomic E-state index is 13.5. The molecule has 1 atom stereocenters. The third-order valence-corrected chi connectivity index (χ3v) is 5.25.